The number of aromatic nitrogens is 1. The number of nitrogens with one attached hydrogen (secondary N) is 1. The second kappa shape index (κ2) is 7.85. The normalized spacial score (nSPS) is 10.0. The monoisotopic (exact) mass is 290 g/mol. The number of pyridine rings is 1. The molecule has 0 aromatic carbocycles. The van der Waals surface area contributed by atoms with E-state index >= 15 is 0 Å². The molecule has 1 rings (SSSR count). The molecule has 1 aromatic heterocycles. The predicted molar refractivity (Wildman–Crippen MR) is 75.5 cm³/mol. The van der Waals surface area contributed by atoms with Crippen molar-refractivity contribution < 1.29 is 14.7 Å². The van der Waals surface area contributed by atoms with Crippen LogP contribution in [0.3, 0.4) is 0 Å². The minimum Gasteiger partial charge on any atom is -0.477 e. The number of hydrogen-bond donors (Lipinski definition) is 2. The molecule has 0 bridgehead atoms. The van der Waals surface area contributed by atoms with Crippen molar-refractivity contribution in [3.05, 3.63) is 29.6 Å². The van der Waals surface area contributed by atoms with Crippen molar-refractivity contribution in [2.24, 2.45) is 0 Å². The number of rotatable bonds is 6. The van der Waals surface area contributed by atoms with Crippen LogP contribution in [-0.2, 0) is 6.54 Å². The number of carbonyl (C=O) groups is 2. The van der Waals surface area contributed by atoms with Crippen LogP contribution in [0.4, 0.5) is 4.79 Å². The summed E-state index contributed by atoms with van der Waals surface area (Å²) in [5.41, 5.74) is 0.667. The van der Waals surface area contributed by atoms with E-state index in [4.69, 9.17) is 10.4 Å². The van der Waals surface area contributed by atoms with Gasteiger partial charge in [-0.15, -0.1) is 0 Å². The highest BCUT2D eigenvalue weighted by Crippen LogP contribution is 2.03. The second-order valence-corrected chi connectivity index (χ2v) is 4.71. The number of aromatic carboxylic acids is 1. The molecule has 1 heterocycles. The lowest BCUT2D eigenvalue weighted by molar-refractivity contribution is 0.0690. The molecule has 21 heavy (non-hydrogen) atoms. The number of amides is 2. The first-order chi connectivity index (χ1) is 9.95. The van der Waals surface area contributed by atoms with E-state index in [1.807, 2.05) is 19.9 Å². The molecule has 2 N–H and O–H groups in total. The molecular formula is C14H18N4O3. The fourth-order valence-corrected chi connectivity index (χ4v) is 1.70. The molecule has 0 aliphatic carbocycles. The Labute approximate surface area is 123 Å². The summed E-state index contributed by atoms with van der Waals surface area (Å²) in [5.74, 6) is -1.09. The van der Waals surface area contributed by atoms with Crippen LogP contribution in [0.25, 0.3) is 0 Å². The third-order valence-corrected chi connectivity index (χ3v) is 2.84. The maximum absolute atomic E-state index is 12.0. The molecule has 0 saturated heterocycles. The Bertz CT molecular complexity index is 534. The van der Waals surface area contributed by atoms with Gasteiger partial charge in [0.05, 0.1) is 12.5 Å². The SMILES string of the molecule is CC(C)N(CCC#N)C(=O)NCc1ccc(C(=O)O)nc1. The molecule has 0 saturated carbocycles. The topological polar surface area (TPSA) is 106 Å². The zero-order chi connectivity index (χ0) is 15.8. The fourth-order valence-electron chi connectivity index (χ4n) is 1.70. The lowest BCUT2D eigenvalue weighted by atomic mass is 10.2. The highest BCUT2D eigenvalue weighted by Gasteiger charge is 2.16. The van der Waals surface area contributed by atoms with Crippen LogP contribution in [0.2, 0.25) is 0 Å². The van der Waals surface area contributed by atoms with Gasteiger partial charge in [0.1, 0.15) is 5.69 Å². The standard InChI is InChI=1S/C14H18N4O3/c1-10(2)18(7-3-6-15)14(21)17-9-11-4-5-12(13(19)20)16-8-11/h4-5,8,10H,3,7,9H2,1-2H3,(H,17,21)(H,19,20). The van der Waals surface area contributed by atoms with E-state index in [-0.39, 0.29) is 30.7 Å². The molecule has 7 nitrogen and oxygen atoms in total. The van der Waals surface area contributed by atoms with E-state index in [9.17, 15) is 9.59 Å². The van der Waals surface area contributed by atoms with Crippen LogP contribution in [0.15, 0.2) is 18.3 Å². The van der Waals surface area contributed by atoms with Crippen LogP contribution in [0.1, 0.15) is 36.3 Å². The van der Waals surface area contributed by atoms with Gasteiger partial charge < -0.3 is 15.3 Å². The summed E-state index contributed by atoms with van der Waals surface area (Å²) in [4.78, 5) is 28.1. The van der Waals surface area contributed by atoms with E-state index in [1.165, 1.54) is 12.3 Å². The maximum Gasteiger partial charge on any atom is 0.354 e. The largest absolute Gasteiger partial charge is 0.477 e. The lowest BCUT2D eigenvalue weighted by Gasteiger charge is -2.26. The molecule has 2 amide bonds. The first-order valence-electron chi connectivity index (χ1n) is 6.55. The average molecular weight is 290 g/mol. The summed E-state index contributed by atoms with van der Waals surface area (Å²) in [7, 11) is 0. The Hall–Kier alpha value is -2.62. The van der Waals surface area contributed by atoms with Crippen LogP contribution in [0, 0.1) is 11.3 Å². The van der Waals surface area contributed by atoms with Gasteiger partial charge in [0.15, 0.2) is 0 Å². The van der Waals surface area contributed by atoms with Crippen LogP contribution in [0.5, 0.6) is 0 Å². The minimum atomic E-state index is -1.09. The number of carboxylic acid groups (broad SMARTS) is 1. The Morgan fingerprint density at radius 3 is 2.67 bits per heavy atom. The predicted octanol–water partition coefficient (Wildman–Crippen LogP) is 1.61. The van der Waals surface area contributed by atoms with Gasteiger partial charge in [0.25, 0.3) is 0 Å². The first kappa shape index (κ1) is 16.4. The van der Waals surface area contributed by atoms with Crippen molar-refractivity contribution in [3.8, 4) is 6.07 Å². The number of nitriles is 1. The third kappa shape index (κ3) is 5.10. The summed E-state index contributed by atoms with van der Waals surface area (Å²) in [5, 5.41) is 20.1. The van der Waals surface area contributed by atoms with Crippen LogP contribution in [-0.4, -0.2) is 39.6 Å². The molecular weight excluding hydrogens is 272 g/mol. The smallest absolute Gasteiger partial charge is 0.354 e. The van der Waals surface area contributed by atoms with Crippen LogP contribution >= 0.6 is 0 Å². The Kier molecular flexibility index (Phi) is 6.14. The molecule has 0 aliphatic heterocycles. The van der Waals surface area contributed by atoms with E-state index in [1.54, 1.807) is 11.0 Å². The summed E-state index contributed by atoms with van der Waals surface area (Å²) in [6, 6.07) is 4.73. The Morgan fingerprint density at radius 1 is 1.48 bits per heavy atom. The van der Waals surface area contributed by atoms with Crippen molar-refractivity contribution >= 4 is 12.0 Å². The van der Waals surface area contributed by atoms with Gasteiger partial charge in [-0.25, -0.2) is 14.6 Å². The quantitative estimate of drug-likeness (QED) is 0.827. The van der Waals surface area contributed by atoms with Crippen LogP contribution < -0.4 is 5.32 Å². The van der Waals surface area contributed by atoms with Crippen molar-refractivity contribution in [1.29, 1.82) is 5.26 Å². The van der Waals surface area contributed by atoms with Gasteiger partial charge in [-0.1, -0.05) is 6.07 Å². The van der Waals surface area contributed by atoms with E-state index in [0.717, 1.165) is 0 Å². The van der Waals surface area contributed by atoms with Crippen molar-refractivity contribution in [3.63, 3.8) is 0 Å². The summed E-state index contributed by atoms with van der Waals surface area (Å²) >= 11 is 0. The zero-order valence-electron chi connectivity index (χ0n) is 12.0. The molecule has 7 heteroatoms. The van der Waals surface area contributed by atoms with Gasteiger partial charge in [0.2, 0.25) is 0 Å². The lowest BCUT2D eigenvalue weighted by Crippen LogP contribution is -2.44. The number of carbonyl (C=O) groups excluding carboxylic acids is 1. The second-order valence-electron chi connectivity index (χ2n) is 4.71. The number of carboxylic acids is 1. The average Bonchev–Trinajstić information content (AvgIpc) is 2.45. The van der Waals surface area contributed by atoms with E-state index < -0.39 is 5.97 Å². The third-order valence-electron chi connectivity index (χ3n) is 2.84. The summed E-state index contributed by atoms with van der Waals surface area (Å²) in [6.45, 7) is 4.37. The number of urea groups is 1. The molecule has 0 spiro atoms. The number of nitrogens with zero attached hydrogens (tertiary/aromatic N) is 3. The molecule has 1 aromatic rings. The minimum absolute atomic E-state index is 0.00846. The first-order valence-corrected chi connectivity index (χ1v) is 6.55. The Balaban J connectivity index is 2.58. The maximum atomic E-state index is 12.0. The van der Waals surface area contributed by atoms with Crippen molar-refractivity contribution in [2.45, 2.75) is 32.9 Å². The van der Waals surface area contributed by atoms with Gasteiger partial charge in [-0.05, 0) is 25.5 Å². The van der Waals surface area contributed by atoms with E-state index in [2.05, 4.69) is 10.3 Å². The fraction of sp³-hybridized carbons (Fsp3) is 0.429. The van der Waals surface area contributed by atoms with Crippen molar-refractivity contribution in [1.82, 2.24) is 15.2 Å². The molecule has 112 valence electrons. The van der Waals surface area contributed by atoms with Gasteiger partial charge >= 0.3 is 12.0 Å². The molecule has 0 aliphatic rings. The highest BCUT2D eigenvalue weighted by molar-refractivity contribution is 5.85. The molecule has 0 radical (unpaired) electrons. The Morgan fingerprint density at radius 2 is 2.19 bits per heavy atom. The summed E-state index contributed by atoms with van der Waals surface area (Å²) < 4.78 is 0. The van der Waals surface area contributed by atoms with Gasteiger partial charge in [0, 0.05) is 25.3 Å². The molecule has 0 unspecified atom stereocenters. The van der Waals surface area contributed by atoms with E-state index in [0.29, 0.717) is 12.1 Å². The number of hydrogen-bond acceptors (Lipinski definition) is 4. The highest BCUT2D eigenvalue weighted by atomic mass is 16.4. The molecule has 0 atom stereocenters. The summed E-state index contributed by atoms with van der Waals surface area (Å²) in [6.07, 6.45) is 1.69. The molecule has 0 fully saturated rings. The van der Waals surface area contributed by atoms with Crippen molar-refractivity contribution in [2.75, 3.05) is 6.54 Å². The zero-order valence-corrected chi connectivity index (χ0v) is 12.0. The van der Waals surface area contributed by atoms with Gasteiger partial charge in [-0.3, -0.25) is 0 Å². The van der Waals surface area contributed by atoms with Gasteiger partial charge in [-0.2, -0.15) is 5.26 Å².